The first-order valence-corrected chi connectivity index (χ1v) is 7.58. The number of aromatic nitrogens is 2. The van der Waals surface area contributed by atoms with E-state index in [1.54, 1.807) is 0 Å². The fourth-order valence-electron chi connectivity index (χ4n) is 3.20. The van der Waals surface area contributed by atoms with Gasteiger partial charge in [0.05, 0.1) is 0 Å². The molecule has 4 N–H and O–H groups in total. The molecule has 0 radical (unpaired) electrons. The summed E-state index contributed by atoms with van der Waals surface area (Å²) in [6.07, 6.45) is 2.54. The fraction of sp³-hybridized carbons (Fsp3) is 0.643. The number of fused-ring (bicyclic) bond motifs is 1. The maximum atomic E-state index is 11.5. The zero-order chi connectivity index (χ0) is 14.8. The van der Waals surface area contributed by atoms with Crippen LogP contribution in [0.25, 0.3) is 0 Å². The summed E-state index contributed by atoms with van der Waals surface area (Å²) in [5.74, 6) is 2.61. The van der Waals surface area contributed by atoms with Gasteiger partial charge in [-0.3, -0.25) is 4.79 Å². The molecule has 2 aliphatic heterocycles. The Hall–Kier alpha value is -2.05. The van der Waals surface area contributed by atoms with Crippen molar-refractivity contribution in [2.24, 2.45) is 5.92 Å². The van der Waals surface area contributed by atoms with Gasteiger partial charge in [0, 0.05) is 38.2 Å². The Morgan fingerprint density at radius 2 is 2.33 bits per heavy atom. The summed E-state index contributed by atoms with van der Waals surface area (Å²) in [4.78, 5) is 22.2. The second kappa shape index (κ2) is 5.75. The molecule has 2 saturated heterocycles. The topological polar surface area (TPSA) is 96.2 Å². The monoisotopic (exact) mass is 290 g/mol. The van der Waals surface area contributed by atoms with Gasteiger partial charge in [-0.25, -0.2) is 0 Å². The molecule has 3 rings (SSSR count). The number of nitrogens with zero attached hydrogens (tertiary/aromatic N) is 3. The van der Waals surface area contributed by atoms with Crippen LogP contribution in [0.15, 0.2) is 6.07 Å². The van der Waals surface area contributed by atoms with Gasteiger partial charge in [0.2, 0.25) is 11.9 Å². The van der Waals surface area contributed by atoms with Gasteiger partial charge in [0.25, 0.3) is 0 Å². The molecule has 1 aromatic rings. The lowest BCUT2D eigenvalue weighted by molar-refractivity contribution is -0.124. The number of carbonyl (C=O) groups is 1. The molecule has 21 heavy (non-hydrogen) atoms. The van der Waals surface area contributed by atoms with Crippen LogP contribution in [0.4, 0.5) is 17.6 Å². The predicted octanol–water partition coefficient (Wildman–Crippen LogP) is 0.595. The molecule has 7 heteroatoms. The summed E-state index contributed by atoms with van der Waals surface area (Å²) in [6.45, 7) is 4.61. The third-order valence-electron chi connectivity index (χ3n) is 4.23. The van der Waals surface area contributed by atoms with Crippen LogP contribution in [0.2, 0.25) is 0 Å². The second-order valence-electron chi connectivity index (χ2n) is 5.71. The third kappa shape index (κ3) is 3.01. The van der Waals surface area contributed by atoms with Crippen LogP contribution in [-0.4, -0.2) is 41.6 Å². The van der Waals surface area contributed by atoms with Crippen molar-refractivity contribution in [1.29, 1.82) is 0 Å². The van der Waals surface area contributed by atoms with Gasteiger partial charge in [-0.05, 0) is 25.7 Å². The van der Waals surface area contributed by atoms with Crippen molar-refractivity contribution in [2.75, 3.05) is 35.6 Å². The number of nitrogen functional groups attached to an aromatic ring is 1. The van der Waals surface area contributed by atoms with Crippen LogP contribution in [0.5, 0.6) is 0 Å². The second-order valence-corrected chi connectivity index (χ2v) is 5.71. The van der Waals surface area contributed by atoms with Crippen LogP contribution in [0.1, 0.15) is 26.2 Å². The summed E-state index contributed by atoms with van der Waals surface area (Å²) >= 11 is 0. The van der Waals surface area contributed by atoms with Crippen molar-refractivity contribution in [3.63, 3.8) is 0 Å². The average molecular weight is 290 g/mol. The first kappa shape index (κ1) is 13.9. The molecule has 2 atom stereocenters. The van der Waals surface area contributed by atoms with E-state index in [1.807, 2.05) is 13.0 Å². The molecule has 2 aliphatic rings. The van der Waals surface area contributed by atoms with E-state index in [9.17, 15) is 4.79 Å². The van der Waals surface area contributed by atoms with E-state index in [2.05, 4.69) is 25.5 Å². The first-order valence-electron chi connectivity index (χ1n) is 7.58. The van der Waals surface area contributed by atoms with Crippen LogP contribution < -0.4 is 21.3 Å². The number of nitrogens with one attached hydrogen (secondary N) is 2. The molecule has 1 amide bonds. The van der Waals surface area contributed by atoms with Gasteiger partial charge in [0.1, 0.15) is 11.6 Å². The summed E-state index contributed by atoms with van der Waals surface area (Å²) in [5, 5.41) is 6.27. The summed E-state index contributed by atoms with van der Waals surface area (Å²) < 4.78 is 0. The molecule has 1 aromatic heterocycles. The van der Waals surface area contributed by atoms with E-state index in [0.717, 1.165) is 44.1 Å². The third-order valence-corrected chi connectivity index (χ3v) is 4.23. The maximum Gasteiger partial charge on any atom is 0.223 e. The lowest BCUT2D eigenvalue weighted by Crippen LogP contribution is -2.54. The fourth-order valence-corrected chi connectivity index (χ4v) is 3.20. The largest absolute Gasteiger partial charge is 0.370 e. The Labute approximate surface area is 124 Å². The van der Waals surface area contributed by atoms with Crippen molar-refractivity contribution in [3.8, 4) is 0 Å². The first-order chi connectivity index (χ1) is 10.2. The summed E-state index contributed by atoms with van der Waals surface area (Å²) in [6, 6.07) is 2.26. The molecule has 3 heterocycles. The van der Waals surface area contributed by atoms with Gasteiger partial charge in [0.15, 0.2) is 0 Å². The van der Waals surface area contributed by atoms with E-state index in [1.165, 1.54) is 0 Å². The number of carbonyl (C=O) groups excluding carboxylic acids is 1. The van der Waals surface area contributed by atoms with Gasteiger partial charge in [-0.1, -0.05) is 0 Å². The zero-order valence-corrected chi connectivity index (χ0v) is 12.3. The van der Waals surface area contributed by atoms with Crippen molar-refractivity contribution in [1.82, 2.24) is 15.3 Å². The minimum Gasteiger partial charge on any atom is -0.370 e. The molecule has 2 fully saturated rings. The summed E-state index contributed by atoms with van der Waals surface area (Å²) in [7, 11) is 0. The number of hydrogen-bond acceptors (Lipinski definition) is 6. The number of amides is 1. The average Bonchev–Trinajstić information content (AvgIpc) is 2.46. The highest BCUT2D eigenvalue weighted by molar-refractivity contribution is 5.77. The number of rotatable bonds is 3. The van der Waals surface area contributed by atoms with E-state index < -0.39 is 0 Å². The highest BCUT2D eigenvalue weighted by Crippen LogP contribution is 2.28. The van der Waals surface area contributed by atoms with E-state index in [-0.39, 0.29) is 5.91 Å². The highest BCUT2D eigenvalue weighted by atomic mass is 16.1. The minimum atomic E-state index is 0.186. The molecule has 0 aromatic carbocycles. The number of piperidine rings is 2. The quantitative estimate of drug-likeness (QED) is 0.754. The number of nitrogens with two attached hydrogens (primary N) is 1. The SMILES string of the molecule is CCNc1cc(N2CCC3NC(=O)CCC3C2)nc(N)n1. The molecular formula is C14H22N6O. The van der Waals surface area contributed by atoms with Crippen molar-refractivity contribution in [2.45, 2.75) is 32.2 Å². The molecule has 2 unspecified atom stereocenters. The van der Waals surface area contributed by atoms with Crippen LogP contribution in [-0.2, 0) is 4.79 Å². The van der Waals surface area contributed by atoms with Crippen molar-refractivity contribution in [3.05, 3.63) is 6.07 Å². The standard InChI is InChI=1S/C14H22N6O/c1-2-16-11-7-12(19-14(15)18-11)20-6-5-10-9(8-20)3-4-13(21)17-10/h7,9-10H,2-6,8H2,1H3,(H,17,21)(H3,15,16,18,19). The Balaban J connectivity index is 1.74. The van der Waals surface area contributed by atoms with Crippen LogP contribution >= 0.6 is 0 Å². The lowest BCUT2D eigenvalue weighted by atomic mass is 9.85. The number of anilines is 3. The van der Waals surface area contributed by atoms with Crippen LogP contribution in [0.3, 0.4) is 0 Å². The number of hydrogen-bond donors (Lipinski definition) is 3. The highest BCUT2D eigenvalue weighted by Gasteiger charge is 2.34. The minimum absolute atomic E-state index is 0.186. The van der Waals surface area contributed by atoms with E-state index in [0.29, 0.717) is 24.3 Å². The molecule has 7 nitrogen and oxygen atoms in total. The Bertz CT molecular complexity index is 534. The Morgan fingerprint density at radius 3 is 3.14 bits per heavy atom. The molecular weight excluding hydrogens is 268 g/mol. The van der Waals surface area contributed by atoms with E-state index >= 15 is 0 Å². The molecule has 0 spiro atoms. The van der Waals surface area contributed by atoms with Crippen molar-refractivity contribution < 1.29 is 4.79 Å². The molecule has 0 aliphatic carbocycles. The Morgan fingerprint density at radius 1 is 1.48 bits per heavy atom. The van der Waals surface area contributed by atoms with Gasteiger partial charge >= 0.3 is 0 Å². The zero-order valence-electron chi connectivity index (χ0n) is 12.3. The predicted molar refractivity (Wildman–Crippen MR) is 82.1 cm³/mol. The van der Waals surface area contributed by atoms with Gasteiger partial charge < -0.3 is 21.3 Å². The normalized spacial score (nSPS) is 25.2. The van der Waals surface area contributed by atoms with Crippen LogP contribution in [0, 0.1) is 5.92 Å². The van der Waals surface area contributed by atoms with Gasteiger partial charge in [-0.2, -0.15) is 9.97 Å². The maximum absolute atomic E-state index is 11.5. The molecule has 0 bridgehead atoms. The van der Waals surface area contributed by atoms with Crippen molar-refractivity contribution >= 4 is 23.5 Å². The smallest absolute Gasteiger partial charge is 0.223 e. The molecule has 0 saturated carbocycles. The lowest BCUT2D eigenvalue weighted by Gasteiger charge is -2.41. The van der Waals surface area contributed by atoms with Gasteiger partial charge in [-0.15, -0.1) is 0 Å². The van der Waals surface area contributed by atoms with E-state index in [4.69, 9.17) is 5.73 Å². The molecule has 114 valence electrons. The summed E-state index contributed by atoms with van der Waals surface area (Å²) in [5.41, 5.74) is 5.80. The Kier molecular flexibility index (Phi) is 3.81.